The molecule has 0 aromatic carbocycles. The summed E-state index contributed by atoms with van der Waals surface area (Å²) in [6.45, 7) is 0.530. The molecule has 5 nitrogen and oxygen atoms in total. The second-order valence-electron chi connectivity index (χ2n) is 1.82. The van der Waals surface area contributed by atoms with Gasteiger partial charge in [-0.1, -0.05) is 0 Å². The van der Waals surface area contributed by atoms with Crippen molar-refractivity contribution in [3.63, 3.8) is 0 Å². The maximum Gasteiger partial charge on any atom is 0.410 e. The van der Waals surface area contributed by atoms with Crippen LogP contribution in [-0.4, -0.2) is 34.5 Å². The Kier molecular flexibility index (Phi) is 1.91. The van der Waals surface area contributed by atoms with Gasteiger partial charge in [-0.25, -0.2) is 4.79 Å². The van der Waals surface area contributed by atoms with Gasteiger partial charge in [-0.15, -0.1) is 0 Å². The summed E-state index contributed by atoms with van der Waals surface area (Å²) >= 11 is 4.70. The molecule has 1 aliphatic heterocycles. The van der Waals surface area contributed by atoms with E-state index in [2.05, 4.69) is 10.6 Å². The molecule has 1 fully saturated rings. The van der Waals surface area contributed by atoms with Crippen molar-refractivity contribution in [2.24, 2.45) is 0 Å². The summed E-state index contributed by atoms with van der Waals surface area (Å²) in [5.41, 5.74) is 0. The number of nitrogens with one attached hydrogen (secondary N) is 2. The minimum Gasteiger partial charge on any atom is -0.465 e. The van der Waals surface area contributed by atoms with Crippen LogP contribution in [0.4, 0.5) is 4.79 Å². The quantitative estimate of drug-likeness (QED) is 0.412. The van der Waals surface area contributed by atoms with Crippen molar-refractivity contribution in [3.05, 3.63) is 0 Å². The van der Waals surface area contributed by atoms with E-state index in [0.717, 1.165) is 0 Å². The zero-order valence-corrected chi connectivity index (χ0v) is 5.94. The summed E-state index contributed by atoms with van der Waals surface area (Å²) in [5.74, 6) is 0. The maximum absolute atomic E-state index is 10.3. The van der Waals surface area contributed by atoms with Crippen LogP contribution < -0.4 is 10.6 Å². The van der Waals surface area contributed by atoms with Crippen LogP contribution in [0, 0.1) is 0 Å². The van der Waals surface area contributed by atoms with Crippen molar-refractivity contribution in [1.82, 2.24) is 15.5 Å². The number of thiocarbonyl (C=S) groups is 1. The molecule has 3 N–H and O–H groups in total. The van der Waals surface area contributed by atoms with Gasteiger partial charge in [-0.05, 0) is 12.2 Å². The van der Waals surface area contributed by atoms with E-state index in [4.69, 9.17) is 17.3 Å². The molecule has 0 spiro atoms. The van der Waals surface area contributed by atoms with Gasteiger partial charge in [0.15, 0.2) is 5.11 Å². The third kappa shape index (κ3) is 1.47. The van der Waals surface area contributed by atoms with E-state index < -0.39 is 6.09 Å². The molecule has 1 amide bonds. The first-order valence-corrected chi connectivity index (χ1v) is 3.10. The van der Waals surface area contributed by atoms with E-state index in [-0.39, 0.29) is 13.3 Å². The molecule has 0 atom stereocenters. The third-order valence-corrected chi connectivity index (χ3v) is 1.42. The number of hydrogen-bond donors (Lipinski definition) is 3. The van der Waals surface area contributed by atoms with E-state index in [1.54, 1.807) is 0 Å². The van der Waals surface area contributed by atoms with E-state index in [1.165, 1.54) is 4.90 Å². The van der Waals surface area contributed by atoms with Gasteiger partial charge in [0.2, 0.25) is 0 Å². The second-order valence-corrected chi connectivity index (χ2v) is 2.23. The van der Waals surface area contributed by atoms with Crippen molar-refractivity contribution in [2.45, 2.75) is 0 Å². The number of carboxylic acid groups (broad SMARTS) is 1. The molecule has 10 heavy (non-hydrogen) atoms. The van der Waals surface area contributed by atoms with E-state index >= 15 is 0 Å². The van der Waals surface area contributed by atoms with Crippen LogP contribution in [0.2, 0.25) is 0 Å². The molecule has 0 saturated carbocycles. The van der Waals surface area contributed by atoms with E-state index in [9.17, 15) is 4.79 Å². The first kappa shape index (κ1) is 7.07. The number of rotatable bonds is 0. The Bertz CT molecular complexity index is 162. The van der Waals surface area contributed by atoms with Crippen molar-refractivity contribution < 1.29 is 9.90 Å². The molecule has 1 heterocycles. The second kappa shape index (κ2) is 2.70. The predicted octanol–water partition coefficient (Wildman–Crippen LogP) is -0.641. The Hall–Kier alpha value is -1.04. The smallest absolute Gasteiger partial charge is 0.410 e. The lowest BCUT2D eigenvalue weighted by molar-refractivity contribution is 0.139. The number of amides is 1. The lowest BCUT2D eigenvalue weighted by atomic mass is 10.7. The monoisotopic (exact) mass is 161 g/mol. The topological polar surface area (TPSA) is 64.6 Å². The highest BCUT2D eigenvalue weighted by molar-refractivity contribution is 7.80. The largest absolute Gasteiger partial charge is 0.465 e. The maximum atomic E-state index is 10.3. The first-order chi connectivity index (χ1) is 4.70. The Labute approximate surface area is 63.0 Å². The van der Waals surface area contributed by atoms with Crippen LogP contribution in [0.5, 0.6) is 0 Å². The van der Waals surface area contributed by atoms with Gasteiger partial charge < -0.3 is 15.7 Å². The van der Waals surface area contributed by atoms with Gasteiger partial charge in [0.25, 0.3) is 0 Å². The summed E-state index contributed by atoms with van der Waals surface area (Å²) in [7, 11) is 0. The lowest BCUT2D eigenvalue weighted by Crippen LogP contribution is -2.55. The van der Waals surface area contributed by atoms with Crippen LogP contribution in [0.3, 0.4) is 0 Å². The molecule has 0 aromatic heterocycles. The highest BCUT2D eigenvalue weighted by Crippen LogP contribution is 1.88. The fourth-order valence-corrected chi connectivity index (χ4v) is 0.717. The molecule has 0 radical (unpaired) electrons. The number of nitrogens with zero attached hydrogens (tertiary/aromatic N) is 1. The van der Waals surface area contributed by atoms with Crippen LogP contribution in [0.15, 0.2) is 0 Å². The fraction of sp³-hybridized carbons (Fsp3) is 0.500. The minimum atomic E-state index is -0.956. The Morgan fingerprint density at radius 2 is 2.10 bits per heavy atom. The number of carbonyl (C=O) groups is 1. The Balaban J connectivity index is 2.40. The minimum absolute atomic E-state index is 0.265. The standard InChI is InChI=1S/C4H7N3O2S/c8-4(9)7-1-5-3(10)6-2-7/h1-2H2,(H,8,9)(H2,5,6,10). The molecule has 0 aromatic rings. The lowest BCUT2D eigenvalue weighted by Gasteiger charge is -2.26. The molecule has 6 heteroatoms. The van der Waals surface area contributed by atoms with Gasteiger partial charge in [-0.2, -0.15) is 0 Å². The van der Waals surface area contributed by atoms with Gasteiger partial charge in [0, 0.05) is 0 Å². The first-order valence-electron chi connectivity index (χ1n) is 2.70. The average Bonchev–Trinajstić information content (AvgIpc) is 1.88. The molecular formula is C4H7N3O2S. The van der Waals surface area contributed by atoms with E-state index in [0.29, 0.717) is 5.11 Å². The Morgan fingerprint density at radius 3 is 2.50 bits per heavy atom. The fourth-order valence-electron chi connectivity index (χ4n) is 0.588. The molecule has 1 rings (SSSR count). The van der Waals surface area contributed by atoms with Crippen LogP contribution in [0.1, 0.15) is 0 Å². The van der Waals surface area contributed by atoms with Crippen molar-refractivity contribution in [2.75, 3.05) is 13.3 Å². The zero-order valence-electron chi connectivity index (χ0n) is 5.13. The van der Waals surface area contributed by atoms with Crippen LogP contribution >= 0.6 is 12.2 Å². The van der Waals surface area contributed by atoms with Crippen molar-refractivity contribution in [3.8, 4) is 0 Å². The highest BCUT2D eigenvalue weighted by Gasteiger charge is 2.15. The number of hydrogen-bond acceptors (Lipinski definition) is 2. The molecule has 0 aliphatic carbocycles. The van der Waals surface area contributed by atoms with Gasteiger partial charge >= 0.3 is 6.09 Å². The van der Waals surface area contributed by atoms with Crippen molar-refractivity contribution in [1.29, 1.82) is 0 Å². The van der Waals surface area contributed by atoms with Gasteiger partial charge in [0.05, 0.1) is 13.3 Å². The summed E-state index contributed by atoms with van der Waals surface area (Å²) in [6, 6.07) is 0. The molecule has 0 unspecified atom stereocenters. The molecule has 1 aliphatic rings. The Morgan fingerprint density at radius 1 is 1.60 bits per heavy atom. The molecule has 0 bridgehead atoms. The summed E-state index contributed by atoms with van der Waals surface area (Å²) in [4.78, 5) is 11.4. The summed E-state index contributed by atoms with van der Waals surface area (Å²) < 4.78 is 0. The SMILES string of the molecule is O=C(O)N1CNC(=S)NC1. The predicted molar refractivity (Wildman–Crippen MR) is 38.5 cm³/mol. The summed E-state index contributed by atoms with van der Waals surface area (Å²) in [5, 5.41) is 14.3. The normalized spacial score (nSPS) is 17.6. The summed E-state index contributed by atoms with van der Waals surface area (Å²) in [6.07, 6.45) is -0.956. The van der Waals surface area contributed by atoms with E-state index in [1.807, 2.05) is 0 Å². The molecule has 1 saturated heterocycles. The average molecular weight is 161 g/mol. The molecular weight excluding hydrogens is 154 g/mol. The van der Waals surface area contributed by atoms with Gasteiger partial charge in [0.1, 0.15) is 0 Å². The molecule has 56 valence electrons. The van der Waals surface area contributed by atoms with Crippen molar-refractivity contribution >= 4 is 23.4 Å². The zero-order chi connectivity index (χ0) is 7.56. The van der Waals surface area contributed by atoms with Crippen LogP contribution in [0.25, 0.3) is 0 Å². The highest BCUT2D eigenvalue weighted by atomic mass is 32.1. The third-order valence-electron chi connectivity index (χ3n) is 1.13. The van der Waals surface area contributed by atoms with Gasteiger partial charge in [-0.3, -0.25) is 4.90 Å². The van der Waals surface area contributed by atoms with Crippen LogP contribution in [-0.2, 0) is 0 Å².